The summed E-state index contributed by atoms with van der Waals surface area (Å²) in [5.74, 6) is 0.0238. The lowest BCUT2D eigenvalue weighted by Gasteiger charge is -2.34. The summed E-state index contributed by atoms with van der Waals surface area (Å²) in [6, 6.07) is 6.70. The molecule has 2 atom stereocenters. The molecular weight excluding hydrogens is 360 g/mol. The number of piperidine rings is 1. The van der Waals surface area contributed by atoms with E-state index in [2.05, 4.69) is 12.2 Å². The fraction of sp³-hybridized carbons (Fsp3) is 0.667. The van der Waals surface area contributed by atoms with Crippen LogP contribution < -0.4 is 5.32 Å². The van der Waals surface area contributed by atoms with Gasteiger partial charge in [0.15, 0.2) is 0 Å². The highest BCUT2D eigenvalue weighted by atomic mass is 32.2. The number of anilines is 1. The summed E-state index contributed by atoms with van der Waals surface area (Å²) in [7, 11) is -3.48. The minimum absolute atomic E-state index is 0.00650. The zero-order valence-electron chi connectivity index (χ0n) is 16.9. The van der Waals surface area contributed by atoms with E-state index in [1.165, 1.54) is 0 Å². The number of hydrogen-bond acceptors (Lipinski definition) is 3. The number of rotatable bonds is 9. The maximum atomic E-state index is 13.0. The van der Waals surface area contributed by atoms with Gasteiger partial charge in [0.25, 0.3) is 0 Å². The minimum atomic E-state index is -3.48. The number of benzene rings is 1. The van der Waals surface area contributed by atoms with E-state index in [0.29, 0.717) is 17.1 Å². The standard InChI is InChI=1S/C21H34N2O3S/c1-4-7-10-17(5-2)21(24)22-18-12-14-20(15-13-18)27(25,26)23-16-9-8-11-19(23)6-3/h12-15,17,19H,4-11,16H2,1-3H3,(H,22,24). The van der Waals surface area contributed by atoms with Crippen molar-refractivity contribution >= 4 is 21.6 Å². The largest absolute Gasteiger partial charge is 0.326 e. The summed E-state index contributed by atoms with van der Waals surface area (Å²) >= 11 is 0. The van der Waals surface area contributed by atoms with Gasteiger partial charge in [-0.1, -0.05) is 40.0 Å². The average molecular weight is 395 g/mol. The second-order valence-electron chi connectivity index (χ2n) is 7.43. The van der Waals surface area contributed by atoms with Gasteiger partial charge in [-0.2, -0.15) is 4.31 Å². The second-order valence-corrected chi connectivity index (χ2v) is 9.33. The first kappa shape index (κ1) is 21.9. The topological polar surface area (TPSA) is 66.5 Å². The summed E-state index contributed by atoms with van der Waals surface area (Å²) in [5.41, 5.74) is 0.652. The smallest absolute Gasteiger partial charge is 0.243 e. The molecule has 1 amide bonds. The molecule has 1 aliphatic rings. The Bertz CT molecular complexity index is 701. The van der Waals surface area contributed by atoms with Gasteiger partial charge in [-0.15, -0.1) is 0 Å². The van der Waals surface area contributed by atoms with E-state index in [1.807, 2.05) is 13.8 Å². The van der Waals surface area contributed by atoms with Crippen LogP contribution in [0.5, 0.6) is 0 Å². The van der Waals surface area contributed by atoms with E-state index >= 15 is 0 Å². The molecule has 2 unspecified atom stereocenters. The minimum Gasteiger partial charge on any atom is -0.326 e. The summed E-state index contributed by atoms with van der Waals surface area (Å²) in [6.07, 6.45) is 7.59. The summed E-state index contributed by atoms with van der Waals surface area (Å²) in [5, 5.41) is 2.93. The molecule has 1 fully saturated rings. The lowest BCUT2D eigenvalue weighted by molar-refractivity contribution is -0.120. The molecule has 0 bridgehead atoms. The van der Waals surface area contributed by atoms with E-state index < -0.39 is 10.0 Å². The van der Waals surface area contributed by atoms with Gasteiger partial charge in [0, 0.05) is 24.2 Å². The lowest BCUT2D eigenvalue weighted by atomic mass is 9.98. The van der Waals surface area contributed by atoms with Crippen LogP contribution in [0.4, 0.5) is 5.69 Å². The molecule has 152 valence electrons. The molecule has 0 aliphatic carbocycles. The first-order valence-electron chi connectivity index (χ1n) is 10.4. The Hall–Kier alpha value is -1.40. The number of nitrogens with one attached hydrogen (secondary N) is 1. The fourth-order valence-corrected chi connectivity index (χ4v) is 5.53. The Morgan fingerprint density at radius 3 is 2.48 bits per heavy atom. The number of nitrogens with zero attached hydrogens (tertiary/aromatic N) is 1. The molecule has 0 radical (unpaired) electrons. The maximum absolute atomic E-state index is 13.0. The summed E-state index contributed by atoms with van der Waals surface area (Å²) in [6.45, 7) is 6.78. The molecular formula is C21H34N2O3S. The van der Waals surface area contributed by atoms with E-state index in [1.54, 1.807) is 28.6 Å². The van der Waals surface area contributed by atoms with Crippen LogP contribution in [0.3, 0.4) is 0 Å². The van der Waals surface area contributed by atoms with Crippen LogP contribution in [0.2, 0.25) is 0 Å². The third-order valence-corrected chi connectivity index (χ3v) is 7.51. The van der Waals surface area contributed by atoms with Gasteiger partial charge in [-0.3, -0.25) is 4.79 Å². The average Bonchev–Trinajstić information content (AvgIpc) is 2.69. The highest BCUT2D eigenvalue weighted by molar-refractivity contribution is 7.89. The molecule has 1 saturated heterocycles. The Morgan fingerprint density at radius 2 is 1.89 bits per heavy atom. The number of unbranched alkanes of at least 4 members (excludes halogenated alkanes) is 1. The second kappa shape index (κ2) is 10.2. The van der Waals surface area contributed by atoms with Crippen LogP contribution in [0.1, 0.15) is 72.1 Å². The summed E-state index contributed by atoms with van der Waals surface area (Å²) < 4.78 is 27.7. The van der Waals surface area contributed by atoms with Crippen molar-refractivity contribution < 1.29 is 13.2 Å². The first-order chi connectivity index (χ1) is 12.9. The molecule has 1 aliphatic heterocycles. The Morgan fingerprint density at radius 1 is 1.19 bits per heavy atom. The molecule has 0 spiro atoms. The van der Waals surface area contributed by atoms with E-state index in [0.717, 1.165) is 51.4 Å². The van der Waals surface area contributed by atoms with Gasteiger partial charge in [0.1, 0.15) is 0 Å². The molecule has 0 aromatic heterocycles. The van der Waals surface area contributed by atoms with Gasteiger partial charge < -0.3 is 5.32 Å². The fourth-order valence-electron chi connectivity index (χ4n) is 3.76. The first-order valence-corrected chi connectivity index (χ1v) is 11.8. The van der Waals surface area contributed by atoms with Crippen LogP contribution in [0.15, 0.2) is 29.2 Å². The zero-order chi connectivity index (χ0) is 19.9. The molecule has 2 rings (SSSR count). The van der Waals surface area contributed by atoms with Crippen LogP contribution in [-0.4, -0.2) is 31.2 Å². The third kappa shape index (κ3) is 5.55. The van der Waals surface area contributed by atoms with Crippen molar-refractivity contribution in [3.05, 3.63) is 24.3 Å². The van der Waals surface area contributed by atoms with Crippen LogP contribution in [0.25, 0.3) is 0 Å². The van der Waals surface area contributed by atoms with Crippen molar-refractivity contribution in [2.24, 2.45) is 5.92 Å². The van der Waals surface area contributed by atoms with Crippen molar-refractivity contribution in [2.75, 3.05) is 11.9 Å². The predicted octanol–water partition coefficient (Wildman–Crippen LogP) is 4.79. The van der Waals surface area contributed by atoms with Crippen molar-refractivity contribution in [3.63, 3.8) is 0 Å². The van der Waals surface area contributed by atoms with Crippen molar-refractivity contribution in [2.45, 2.75) is 83.1 Å². The van der Waals surface area contributed by atoms with Crippen molar-refractivity contribution in [1.29, 1.82) is 0 Å². The van der Waals surface area contributed by atoms with Gasteiger partial charge in [0.2, 0.25) is 15.9 Å². The van der Waals surface area contributed by atoms with E-state index in [4.69, 9.17) is 0 Å². The highest BCUT2D eigenvalue weighted by Gasteiger charge is 2.32. The lowest BCUT2D eigenvalue weighted by Crippen LogP contribution is -2.43. The van der Waals surface area contributed by atoms with Crippen molar-refractivity contribution in [1.82, 2.24) is 4.31 Å². The molecule has 5 nitrogen and oxygen atoms in total. The van der Waals surface area contributed by atoms with Gasteiger partial charge in [-0.05, 0) is 56.4 Å². The SMILES string of the molecule is CCCCC(CC)C(=O)Nc1ccc(S(=O)(=O)N2CCCCC2CC)cc1. The Balaban J connectivity index is 2.08. The van der Waals surface area contributed by atoms with Crippen LogP contribution >= 0.6 is 0 Å². The normalized spacial score (nSPS) is 19.6. The number of carbonyl (C=O) groups excluding carboxylic acids is 1. The monoisotopic (exact) mass is 394 g/mol. The number of carbonyl (C=O) groups is 1. The Labute approximate surface area is 164 Å². The van der Waals surface area contributed by atoms with E-state index in [-0.39, 0.29) is 17.9 Å². The molecule has 1 aromatic rings. The number of hydrogen-bond donors (Lipinski definition) is 1. The van der Waals surface area contributed by atoms with Crippen LogP contribution in [0, 0.1) is 5.92 Å². The molecule has 1 N–H and O–H groups in total. The molecule has 1 heterocycles. The molecule has 27 heavy (non-hydrogen) atoms. The third-order valence-electron chi connectivity index (χ3n) is 5.54. The van der Waals surface area contributed by atoms with Gasteiger partial charge in [-0.25, -0.2) is 8.42 Å². The van der Waals surface area contributed by atoms with Gasteiger partial charge >= 0.3 is 0 Å². The summed E-state index contributed by atoms with van der Waals surface area (Å²) in [4.78, 5) is 12.7. The molecule has 1 aromatic carbocycles. The van der Waals surface area contributed by atoms with Crippen molar-refractivity contribution in [3.8, 4) is 0 Å². The molecule has 6 heteroatoms. The zero-order valence-corrected chi connectivity index (χ0v) is 17.7. The molecule has 0 saturated carbocycles. The van der Waals surface area contributed by atoms with E-state index in [9.17, 15) is 13.2 Å². The Kier molecular flexibility index (Phi) is 8.29. The highest BCUT2D eigenvalue weighted by Crippen LogP contribution is 2.27. The van der Waals surface area contributed by atoms with Crippen LogP contribution in [-0.2, 0) is 14.8 Å². The quantitative estimate of drug-likeness (QED) is 0.654. The van der Waals surface area contributed by atoms with Gasteiger partial charge in [0.05, 0.1) is 4.90 Å². The predicted molar refractivity (Wildman–Crippen MR) is 110 cm³/mol. The number of sulfonamides is 1. The maximum Gasteiger partial charge on any atom is 0.243 e. The number of amides is 1.